The van der Waals surface area contributed by atoms with Gasteiger partial charge in [-0.05, 0) is 46.3 Å². The molecule has 0 fully saturated rings. The Morgan fingerprint density at radius 1 is 0.553 bits per heavy atom. The zero-order chi connectivity index (χ0) is 31.3. The van der Waals surface area contributed by atoms with Crippen LogP contribution < -0.4 is 0 Å². The van der Waals surface area contributed by atoms with E-state index >= 15 is 0 Å². The van der Waals surface area contributed by atoms with Gasteiger partial charge in [-0.1, -0.05) is 122 Å². The Balaban J connectivity index is 0.000000176. The van der Waals surface area contributed by atoms with Crippen molar-refractivity contribution in [3.63, 3.8) is 0 Å². The minimum atomic E-state index is -0.124. The van der Waals surface area contributed by atoms with Crippen LogP contribution in [0.25, 0.3) is 55.6 Å². The third-order valence-corrected chi connectivity index (χ3v) is 8.42. The number of rotatable bonds is 5. The molecule has 0 N–H and O–H groups in total. The smallest absolute Gasteiger partial charge is 0.120 e. The van der Waals surface area contributed by atoms with Gasteiger partial charge in [-0.25, -0.2) is 0 Å². The Kier molecular flexibility index (Phi) is 9.54. The van der Waals surface area contributed by atoms with Gasteiger partial charge in [-0.15, -0.1) is 53.6 Å². The summed E-state index contributed by atoms with van der Waals surface area (Å²) in [5.41, 5.74) is 10.3. The van der Waals surface area contributed by atoms with Gasteiger partial charge in [-0.2, -0.15) is 0 Å². The Morgan fingerprint density at radius 3 is 2.04 bits per heavy atom. The van der Waals surface area contributed by atoms with E-state index in [2.05, 4.69) is 115 Å². The van der Waals surface area contributed by atoms with E-state index in [0.717, 1.165) is 44.5 Å². The topological polar surface area (TPSA) is 38.9 Å². The van der Waals surface area contributed by atoms with Gasteiger partial charge in [0, 0.05) is 43.3 Å². The molecule has 0 amide bonds. The molecule has 3 heterocycles. The van der Waals surface area contributed by atoms with Crippen LogP contribution in [0.4, 0.5) is 0 Å². The van der Waals surface area contributed by atoms with E-state index in [4.69, 9.17) is 4.42 Å². The molecular formula is C43H32IrN2O-2. The quantitative estimate of drug-likeness (QED) is 0.163. The van der Waals surface area contributed by atoms with Gasteiger partial charge < -0.3 is 14.4 Å². The normalized spacial score (nSPS) is 11.0. The van der Waals surface area contributed by atoms with Gasteiger partial charge in [0.2, 0.25) is 0 Å². The number of hydrogen-bond donors (Lipinski definition) is 0. The molecule has 47 heavy (non-hydrogen) atoms. The van der Waals surface area contributed by atoms with Crippen LogP contribution >= 0.6 is 0 Å². The fourth-order valence-electron chi connectivity index (χ4n) is 5.80. The molecule has 0 bridgehead atoms. The molecular weight excluding hydrogens is 753 g/mol. The van der Waals surface area contributed by atoms with Crippen molar-refractivity contribution in [1.82, 2.24) is 9.97 Å². The number of para-hydroxylation sites is 1. The second-order valence-electron chi connectivity index (χ2n) is 11.7. The summed E-state index contributed by atoms with van der Waals surface area (Å²) in [6.45, 7) is 4.49. The first kappa shape index (κ1) is 31.8. The molecule has 3 nitrogen and oxygen atoms in total. The maximum atomic E-state index is 6.18. The molecule has 8 rings (SSSR count). The predicted octanol–water partition coefficient (Wildman–Crippen LogP) is 11.0. The molecule has 0 saturated carbocycles. The first-order valence-corrected chi connectivity index (χ1v) is 15.4. The average molecular weight is 785 g/mol. The maximum absolute atomic E-state index is 6.18. The van der Waals surface area contributed by atoms with Crippen molar-refractivity contribution in [2.24, 2.45) is 0 Å². The number of benzene rings is 5. The standard InChI is InChI=1S/C26H20NO.C17H12N.Ir/c1-26(2,18-9-4-3-5-10-18)19-15-16-27-23(17-19)22-13-8-12-21-20-11-6-7-14-24(20)28-25(21)22;1-2-7-14(8-3-1)15-9-6-10-16(13-15)17-11-4-5-12-18-17;/h3-12,14-17H,1-2H3;1-9,11-13H;/q2*-1;. The Bertz CT molecular complexity index is 2170. The minimum absolute atomic E-state index is 0. The van der Waals surface area contributed by atoms with Gasteiger partial charge in [0.05, 0.1) is 5.58 Å². The molecule has 4 heteroatoms. The van der Waals surface area contributed by atoms with E-state index in [1.54, 1.807) is 6.20 Å². The number of pyridine rings is 2. The van der Waals surface area contributed by atoms with E-state index in [0.29, 0.717) is 0 Å². The van der Waals surface area contributed by atoms with Crippen LogP contribution in [-0.4, -0.2) is 9.97 Å². The molecule has 0 unspecified atom stereocenters. The summed E-state index contributed by atoms with van der Waals surface area (Å²) in [4.78, 5) is 9.00. The minimum Gasteiger partial charge on any atom is -0.501 e. The third kappa shape index (κ3) is 6.71. The SMILES string of the molecule is CC(C)(c1ccccc1)c1ccnc(-c2[c-]ccc3c2oc2ccccc23)c1.[Ir].[c-]1ccc(-c2ccccc2)cc1-c1ccccn1. The summed E-state index contributed by atoms with van der Waals surface area (Å²) in [6.07, 6.45) is 3.68. The van der Waals surface area contributed by atoms with Crippen LogP contribution in [0.1, 0.15) is 25.0 Å². The van der Waals surface area contributed by atoms with E-state index in [-0.39, 0.29) is 25.5 Å². The molecule has 0 aliphatic rings. The van der Waals surface area contributed by atoms with Crippen LogP contribution in [0.15, 0.2) is 162 Å². The van der Waals surface area contributed by atoms with Crippen LogP contribution in [0.3, 0.4) is 0 Å². The molecule has 0 aliphatic carbocycles. The van der Waals surface area contributed by atoms with Crippen LogP contribution in [-0.2, 0) is 25.5 Å². The van der Waals surface area contributed by atoms with Crippen molar-refractivity contribution in [2.75, 3.05) is 0 Å². The predicted molar refractivity (Wildman–Crippen MR) is 188 cm³/mol. The summed E-state index contributed by atoms with van der Waals surface area (Å²) in [7, 11) is 0. The van der Waals surface area contributed by atoms with Crippen molar-refractivity contribution in [3.05, 3.63) is 181 Å². The monoisotopic (exact) mass is 785 g/mol. The van der Waals surface area contributed by atoms with Crippen molar-refractivity contribution >= 4 is 21.9 Å². The molecule has 0 aliphatic heterocycles. The second kappa shape index (κ2) is 14.1. The number of furan rings is 1. The van der Waals surface area contributed by atoms with Gasteiger partial charge in [0.25, 0.3) is 0 Å². The Hall–Kier alpha value is -5.15. The molecule has 0 saturated heterocycles. The average Bonchev–Trinajstić information content (AvgIpc) is 3.52. The largest absolute Gasteiger partial charge is 0.501 e. The number of nitrogens with zero attached hydrogens (tertiary/aromatic N) is 2. The van der Waals surface area contributed by atoms with Crippen LogP contribution in [0.5, 0.6) is 0 Å². The molecule has 231 valence electrons. The number of fused-ring (bicyclic) bond motifs is 3. The molecule has 0 atom stereocenters. The molecule has 0 spiro atoms. The number of hydrogen-bond acceptors (Lipinski definition) is 3. The Labute approximate surface area is 289 Å². The summed E-state index contributed by atoms with van der Waals surface area (Å²) < 4.78 is 6.18. The van der Waals surface area contributed by atoms with E-state index in [1.165, 1.54) is 22.3 Å². The summed E-state index contributed by atoms with van der Waals surface area (Å²) in [5, 5.41) is 2.22. The second-order valence-corrected chi connectivity index (χ2v) is 11.7. The first-order valence-electron chi connectivity index (χ1n) is 15.4. The maximum Gasteiger partial charge on any atom is 0.120 e. The summed E-state index contributed by atoms with van der Waals surface area (Å²) in [6, 6.07) is 55.9. The fourth-order valence-corrected chi connectivity index (χ4v) is 5.80. The summed E-state index contributed by atoms with van der Waals surface area (Å²) in [5.74, 6) is 0. The zero-order valence-electron chi connectivity index (χ0n) is 26.1. The van der Waals surface area contributed by atoms with E-state index in [9.17, 15) is 0 Å². The molecule has 8 aromatic rings. The van der Waals surface area contributed by atoms with Crippen LogP contribution in [0.2, 0.25) is 0 Å². The van der Waals surface area contributed by atoms with Gasteiger partial charge in [0.15, 0.2) is 0 Å². The number of aromatic nitrogens is 2. The van der Waals surface area contributed by atoms with Crippen LogP contribution in [0, 0.1) is 12.1 Å². The van der Waals surface area contributed by atoms with Crippen molar-refractivity contribution in [2.45, 2.75) is 19.3 Å². The van der Waals surface area contributed by atoms with E-state index in [1.807, 2.05) is 72.9 Å². The molecule has 3 aromatic heterocycles. The molecule has 1 radical (unpaired) electrons. The third-order valence-electron chi connectivity index (χ3n) is 8.42. The van der Waals surface area contributed by atoms with Crippen molar-refractivity contribution in [1.29, 1.82) is 0 Å². The fraction of sp³-hybridized carbons (Fsp3) is 0.0698. The van der Waals surface area contributed by atoms with Gasteiger partial charge in [-0.3, -0.25) is 0 Å². The zero-order valence-corrected chi connectivity index (χ0v) is 28.5. The molecule has 5 aromatic carbocycles. The van der Waals surface area contributed by atoms with Gasteiger partial charge >= 0.3 is 0 Å². The van der Waals surface area contributed by atoms with Crippen molar-refractivity contribution in [3.8, 4) is 33.6 Å². The summed E-state index contributed by atoms with van der Waals surface area (Å²) >= 11 is 0. The Morgan fingerprint density at radius 2 is 1.26 bits per heavy atom. The first-order chi connectivity index (χ1) is 22.6. The van der Waals surface area contributed by atoms with Crippen molar-refractivity contribution < 1.29 is 24.5 Å². The van der Waals surface area contributed by atoms with Gasteiger partial charge in [0.1, 0.15) is 5.58 Å². The van der Waals surface area contributed by atoms with E-state index < -0.39 is 0 Å².